The highest BCUT2D eigenvalue weighted by Gasteiger charge is 2.27. The van der Waals surface area contributed by atoms with Gasteiger partial charge >= 0.3 is 0 Å². The zero-order valence-electron chi connectivity index (χ0n) is 16.3. The molecular weight excluding hydrogens is 387 g/mol. The Morgan fingerprint density at radius 1 is 1.21 bits per heavy atom. The number of nitrogens with one attached hydrogen (secondary N) is 1. The number of carbonyl (C=O) groups is 1. The maximum Gasteiger partial charge on any atom is 0.229 e. The fourth-order valence-corrected chi connectivity index (χ4v) is 4.20. The zero-order valence-corrected chi connectivity index (χ0v) is 17.1. The minimum absolute atomic E-state index is 0.0506. The van der Waals surface area contributed by atoms with Gasteiger partial charge in [0, 0.05) is 36.7 Å². The molecule has 0 saturated carbocycles. The van der Waals surface area contributed by atoms with Crippen LogP contribution in [0.4, 0.5) is 15.2 Å². The molecule has 1 amide bonds. The topological polar surface area (TPSA) is 58.1 Å². The van der Waals surface area contributed by atoms with E-state index < -0.39 is 0 Å². The Morgan fingerprint density at radius 3 is 2.72 bits per heavy atom. The van der Waals surface area contributed by atoms with Crippen LogP contribution in [-0.4, -0.2) is 28.4 Å². The first-order valence-electron chi connectivity index (χ1n) is 9.76. The molecule has 29 heavy (non-hydrogen) atoms. The van der Waals surface area contributed by atoms with Crippen molar-refractivity contribution in [1.82, 2.24) is 9.36 Å². The standard InChI is InChI=1S/C22H23FN4OS/c1-15-4-10-19(11-5-15)24-21(28)17-3-2-12-27(14-17)22-25-20(26-29-22)13-16-6-8-18(23)9-7-16/h4-11,17H,2-3,12-14H2,1H3,(H,24,28)/t17-/m1/s1. The van der Waals surface area contributed by atoms with Crippen LogP contribution in [0.5, 0.6) is 0 Å². The van der Waals surface area contributed by atoms with Gasteiger partial charge in [0.25, 0.3) is 0 Å². The van der Waals surface area contributed by atoms with Crippen molar-refractivity contribution < 1.29 is 9.18 Å². The average molecular weight is 411 g/mol. The number of nitrogens with zero attached hydrogens (tertiary/aromatic N) is 3. The first kappa shape index (κ1) is 19.5. The van der Waals surface area contributed by atoms with Crippen molar-refractivity contribution in [3.05, 3.63) is 71.3 Å². The maximum absolute atomic E-state index is 13.1. The highest BCUT2D eigenvalue weighted by Crippen LogP contribution is 2.26. The van der Waals surface area contributed by atoms with Crippen LogP contribution < -0.4 is 10.2 Å². The van der Waals surface area contributed by atoms with E-state index in [4.69, 9.17) is 0 Å². The van der Waals surface area contributed by atoms with Crippen molar-refractivity contribution in [3.8, 4) is 0 Å². The van der Waals surface area contributed by atoms with E-state index in [9.17, 15) is 9.18 Å². The largest absolute Gasteiger partial charge is 0.346 e. The second-order valence-corrected chi connectivity index (χ2v) is 8.17. The number of rotatable bonds is 5. The van der Waals surface area contributed by atoms with Crippen LogP contribution in [0.25, 0.3) is 0 Å². The summed E-state index contributed by atoms with van der Waals surface area (Å²) in [5, 5.41) is 3.87. The summed E-state index contributed by atoms with van der Waals surface area (Å²) in [7, 11) is 0. The summed E-state index contributed by atoms with van der Waals surface area (Å²) in [6.07, 6.45) is 2.39. The van der Waals surface area contributed by atoms with Crippen LogP contribution in [-0.2, 0) is 11.2 Å². The molecular formula is C22H23FN4OS. The molecule has 4 rings (SSSR count). The van der Waals surface area contributed by atoms with Crippen LogP contribution in [0.15, 0.2) is 48.5 Å². The molecule has 1 atom stereocenters. The van der Waals surface area contributed by atoms with Gasteiger partial charge in [0.05, 0.1) is 5.92 Å². The Morgan fingerprint density at radius 2 is 1.97 bits per heavy atom. The van der Waals surface area contributed by atoms with Crippen LogP contribution >= 0.6 is 11.5 Å². The Labute approximate surface area is 173 Å². The number of carbonyl (C=O) groups excluding carboxylic acids is 1. The van der Waals surface area contributed by atoms with Crippen LogP contribution in [0.2, 0.25) is 0 Å². The Kier molecular flexibility index (Phi) is 5.85. The molecule has 1 fully saturated rings. The lowest BCUT2D eigenvalue weighted by Crippen LogP contribution is -2.40. The lowest BCUT2D eigenvalue weighted by molar-refractivity contribution is -0.120. The third kappa shape index (κ3) is 4.98. The number of hydrogen-bond acceptors (Lipinski definition) is 5. The lowest BCUT2D eigenvalue weighted by Gasteiger charge is -2.31. The lowest BCUT2D eigenvalue weighted by atomic mass is 9.97. The molecule has 0 aliphatic carbocycles. The first-order chi connectivity index (χ1) is 14.1. The highest BCUT2D eigenvalue weighted by molar-refractivity contribution is 7.09. The van der Waals surface area contributed by atoms with Crippen molar-refractivity contribution in [2.45, 2.75) is 26.2 Å². The molecule has 1 aromatic heterocycles. The van der Waals surface area contributed by atoms with Gasteiger partial charge in [0.2, 0.25) is 11.0 Å². The van der Waals surface area contributed by atoms with Crippen molar-refractivity contribution >= 4 is 28.3 Å². The average Bonchev–Trinajstić information content (AvgIpc) is 3.20. The van der Waals surface area contributed by atoms with Gasteiger partial charge in [0.15, 0.2) is 0 Å². The third-order valence-electron chi connectivity index (χ3n) is 5.11. The van der Waals surface area contributed by atoms with E-state index in [-0.39, 0.29) is 17.6 Å². The quantitative estimate of drug-likeness (QED) is 0.676. The normalized spacial score (nSPS) is 16.6. The molecule has 1 aliphatic heterocycles. The number of benzene rings is 2. The molecule has 2 aromatic carbocycles. The van der Waals surface area contributed by atoms with Crippen molar-refractivity contribution in [1.29, 1.82) is 0 Å². The molecule has 150 valence electrons. The fraction of sp³-hybridized carbons (Fsp3) is 0.318. The van der Waals surface area contributed by atoms with Crippen molar-refractivity contribution in [2.75, 3.05) is 23.3 Å². The van der Waals surface area contributed by atoms with Crippen LogP contribution in [0, 0.1) is 18.7 Å². The molecule has 1 N–H and O–H groups in total. The van der Waals surface area contributed by atoms with Crippen LogP contribution in [0.1, 0.15) is 29.8 Å². The smallest absolute Gasteiger partial charge is 0.229 e. The first-order valence-corrected chi connectivity index (χ1v) is 10.5. The van der Waals surface area contributed by atoms with E-state index in [0.717, 1.165) is 41.6 Å². The van der Waals surface area contributed by atoms with Gasteiger partial charge in [-0.1, -0.05) is 29.8 Å². The summed E-state index contributed by atoms with van der Waals surface area (Å²) in [5.74, 6) is 0.455. The van der Waals surface area contributed by atoms with Gasteiger partial charge in [-0.05, 0) is 49.6 Å². The predicted octanol–water partition coefficient (Wildman–Crippen LogP) is 4.43. The van der Waals surface area contributed by atoms with Crippen LogP contribution in [0.3, 0.4) is 0 Å². The summed E-state index contributed by atoms with van der Waals surface area (Å²) in [6, 6.07) is 14.2. The Bertz CT molecular complexity index is 971. The van der Waals surface area contributed by atoms with Gasteiger partial charge in [-0.15, -0.1) is 0 Å². The molecule has 0 spiro atoms. The van der Waals surface area contributed by atoms with E-state index in [1.54, 1.807) is 12.1 Å². The summed E-state index contributed by atoms with van der Waals surface area (Å²) in [5.41, 5.74) is 2.97. The van der Waals surface area contributed by atoms with Gasteiger partial charge in [-0.2, -0.15) is 4.37 Å². The molecule has 7 heteroatoms. The van der Waals surface area contributed by atoms with Gasteiger partial charge in [-0.25, -0.2) is 9.37 Å². The number of halogens is 1. The summed E-state index contributed by atoms with van der Waals surface area (Å²) < 4.78 is 17.5. The minimum Gasteiger partial charge on any atom is -0.346 e. The van der Waals surface area contributed by atoms with Crippen molar-refractivity contribution in [3.63, 3.8) is 0 Å². The molecule has 1 saturated heterocycles. The Hall–Kier alpha value is -2.80. The SMILES string of the molecule is Cc1ccc(NC(=O)[C@@H]2CCCN(c3nc(Cc4ccc(F)cc4)ns3)C2)cc1. The van der Waals surface area contributed by atoms with E-state index in [1.807, 2.05) is 31.2 Å². The number of amides is 1. The van der Waals surface area contributed by atoms with E-state index in [2.05, 4.69) is 19.6 Å². The van der Waals surface area contributed by atoms with Gasteiger partial charge in [-0.3, -0.25) is 4.79 Å². The fourth-order valence-electron chi connectivity index (χ4n) is 3.48. The zero-order chi connectivity index (χ0) is 20.2. The maximum atomic E-state index is 13.1. The predicted molar refractivity (Wildman–Crippen MR) is 114 cm³/mol. The van der Waals surface area contributed by atoms with E-state index in [1.165, 1.54) is 29.2 Å². The monoisotopic (exact) mass is 410 g/mol. The summed E-state index contributed by atoms with van der Waals surface area (Å²) >= 11 is 1.36. The second kappa shape index (κ2) is 8.69. The molecule has 2 heterocycles. The number of aryl methyl sites for hydroxylation is 1. The van der Waals surface area contributed by atoms with Gasteiger partial charge < -0.3 is 10.2 Å². The molecule has 3 aromatic rings. The number of aromatic nitrogens is 2. The number of piperidine rings is 1. The van der Waals surface area contributed by atoms with E-state index >= 15 is 0 Å². The molecule has 0 bridgehead atoms. The van der Waals surface area contributed by atoms with Gasteiger partial charge in [0.1, 0.15) is 11.6 Å². The highest BCUT2D eigenvalue weighted by atomic mass is 32.1. The molecule has 0 unspecified atom stereocenters. The number of anilines is 2. The summed E-state index contributed by atoms with van der Waals surface area (Å²) in [6.45, 7) is 3.54. The van der Waals surface area contributed by atoms with E-state index in [0.29, 0.717) is 13.0 Å². The second-order valence-electron chi connectivity index (χ2n) is 7.44. The minimum atomic E-state index is -0.246. The molecule has 5 nitrogen and oxygen atoms in total. The summed E-state index contributed by atoms with van der Waals surface area (Å²) in [4.78, 5) is 19.5. The van der Waals surface area contributed by atoms with Crippen molar-refractivity contribution in [2.24, 2.45) is 5.92 Å². The third-order valence-corrected chi connectivity index (χ3v) is 5.93. The number of hydrogen-bond donors (Lipinski definition) is 1. The molecule has 0 radical (unpaired) electrons. The Balaban J connectivity index is 1.38. The molecule has 1 aliphatic rings.